The number of carboxylic acids is 1. The summed E-state index contributed by atoms with van der Waals surface area (Å²) in [4.78, 5) is 27.3. The molecule has 1 saturated heterocycles. The van der Waals surface area contributed by atoms with Crippen LogP contribution in [0.25, 0.3) is 0 Å². The molecule has 1 aliphatic rings. The highest BCUT2D eigenvalue weighted by Crippen LogP contribution is 2.11. The number of carboxylic acid groups (broad SMARTS) is 1. The van der Waals surface area contributed by atoms with Gasteiger partial charge in [0.15, 0.2) is 0 Å². The molecule has 1 amide bonds. The van der Waals surface area contributed by atoms with Gasteiger partial charge < -0.3 is 15.3 Å². The molecule has 1 atom stereocenters. The third-order valence-corrected chi connectivity index (χ3v) is 4.50. The Hall–Kier alpha value is -1.92. The first-order chi connectivity index (χ1) is 12.0. The van der Waals surface area contributed by atoms with Crippen molar-refractivity contribution in [2.24, 2.45) is 0 Å². The van der Waals surface area contributed by atoms with Crippen molar-refractivity contribution in [3.63, 3.8) is 0 Å². The Morgan fingerprint density at radius 1 is 1.28 bits per heavy atom. The molecule has 0 aromatic heterocycles. The van der Waals surface area contributed by atoms with Crippen LogP contribution in [0.15, 0.2) is 30.3 Å². The molecular formula is C19H29N3O3. The summed E-state index contributed by atoms with van der Waals surface area (Å²) in [5.74, 6) is -1.01. The number of rotatable bonds is 8. The number of benzene rings is 1. The summed E-state index contributed by atoms with van der Waals surface area (Å²) in [6.07, 6.45) is -0.0474. The van der Waals surface area contributed by atoms with Gasteiger partial charge in [-0.05, 0) is 19.4 Å². The van der Waals surface area contributed by atoms with Gasteiger partial charge in [-0.2, -0.15) is 0 Å². The van der Waals surface area contributed by atoms with Gasteiger partial charge in [0, 0.05) is 51.2 Å². The highest BCUT2D eigenvalue weighted by atomic mass is 16.4. The van der Waals surface area contributed by atoms with Gasteiger partial charge in [-0.1, -0.05) is 30.3 Å². The molecule has 1 heterocycles. The molecule has 2 N–H and O–H groups in total. The third kappa shape index (κ3) is 6.48. The summed E-state index contributed by atoms with van der Waals surface area (Å²) in [7, 11) is 0. The summed E-state index contributed by atoms with van der Waals surface area (Å²) in [6.45, 7) is 8.23. The van der Waals surface area contributed by atoms with Crippen molar-refractivity contribution in [1.82, 2.24) is 15.1 Å². The van der Waals surface area contributed by atoms with Gasteiger partial charge in [-0.25, -0.2) is 0 Å². The molecule has 1 aliphatic heterocycles. The van der Waals surface area contributed by atoms with Crippen LogP contribution in [0.5, 0.6) is 0 Å². The Bertz CT molecular complexity index is 562. The maximum absolute atomic E-state index is 12.4. The highest BCUT2D eigenvalue weighted by Gasteiger charge is 2.25. The number of carbonyl (C=O) groups is 2. The van der Waals surface area contributed by atoms with Gasteiger partial charge in [-0.15, -0.1) is 0 Å². The molecule has 1 aromatic carbocycles. The van der Waals surface area contributed by atoms with E-state index in [1.54, 1.807) is 4.90 Å². The molecule has 1 fully saturated rings. The molecule has 25 heavy (non-hydrogen) atoms. The van der Waals surface area contributed by atoms with Crippen molar-refractivity contribution >= 4 is 11.9 Å². The van der Waals surface area contributed by atoms with E-state index in [-0.39, 0.29) is 30.8 Å². The minimum Gasteiger partial charge on any atom is -0.481 e. The minimum absolute atomic E-state index is 0.0626. The zero-order valence-electron chi connectivity index (χ0n) is 15.1. The molecule has 2 rings (SSSR count). The quantitative estimate of drug-likeness (QED) is 0.747. The highest BCUT2D eigenvalue weighted by molar-refractivity contribution is 5.81. The Balaban J connectivity index is 1.90. The van der Waals surface area contributed by atoms with E-state index in [2.05, 4.69) is 34.5 Å². The Morgan fingerprint density at radius 3 is 2.64 bits per heavy atom. The summed E-state index contributed by atoms with van der Waals surface area (Å²) in [5, 5.41) is 12.3. The van der Waals surface area contributed by atoms with Crippen molar-refractivity contribution in [2.75, 3.05) is 26.2 Å². The van der Waals surface area contributed by atoms with Crippen molar-refractivity contribution in [3.8, 4) is 0 Å². The van der Waals surface area contributed by atoms with E-state index in [4.69, 9.17) is 5.11 Å². The molecule has 0 radical (unpaired) electrons. The van der Waals surface area contributed by atoms with Crippen molar-refractivity contribution in [1.29, 1.82) is 0 Å². The molecule has 0 saturated carbocycles. The third-order valence-electron chi connectivity index (χ3n) is 4.50. The number of amides is 1. The normalized spacial score (nSPS) is 18.3. The molecule has 6 nitrogen and oxygen atoms in total. The standard InChI is InChI=1S/C19H29N3O3/c1-15(2)22(18(23)8-9-19(24)25)14-17-13-21(11-10-20-17)12-16-6-4-3-5-7-16/h3-7,15,17,20H,8-14H2,1-2H3,(H,24,25)/t17-/m0/s1. The van der Waals surface area contributed by atoms with Gasteiger partial charge in [-0.3, -0.25) is 14.5 Å². The Labute approximate surface area is 149 Å². The second-order valence-electron chi connectivity index (χ2n) is 6.91. The Kier molecular flexibility index (Phi) is 7.40. The van der Waals surface area contributed by atoms with E-state index in [0.29, 0.717) is 6.54 Å². The number of nitrogens with one attached hydrogen (secondary N) is 1. The van der Waals surface area contributed by atoms with Crippen LogP contribution >= 0.6 is 0 Å². The number of hydrogen-bond donors (Lipinski definition) is 2. The van der Waals surface area contributed by atoms with E-state index in [1.807, 2.05) is 19.9 Å². The molecule has 138 valence electrons. The van der Waals surface area contributed by atoms with Crippen molar-refractivity contribution in [3.05, 3.63) is 35.9 Å². The second-order valence-corrected chi connectivity index (χ2v) is 6.91. The molecular weight excluding hydrogens is 318 g/mol. The average Bonchev–Trinajstić information content (AvgIpc) is 2.58. The van der Waals surface area contributed by atoms with Gasteiger partial charge in [0.25, 0.3) is 0 Å². The van der Waals surface area contributed by atoms with E-state index in [1.165, 1.54) is 5.56 Å². The fraction of sp³-hybridized carbons (Fsp3) is 0.579. The molecule has 0 unspecified atom stereocenters. The zero-order valence-corrected chi connectivity index (χ0v) is 15.1. The van der Waals surface area contributed by atoms with Crippen molar-refractivity contribution in [2.45, 2.75) is 45.3 Å². The smallest absolute Gasteiger partial charge is 0.303 e. The number of nitrogens with zero attached hydrogens (tertiary/aromatic N) is 2. The summed E-state index contributed by atoms with van der Waals surface area (Å²) < 4.78 is 0. The summed E-state index contributed by atoms with van der Waals surface area (Å²) in [6, 6.07) is 10.7. The van der Waals surface area contributed by atoms with E-state index >= 15 is 0 Å². The SMILES string of the molecule is CC(C)N(C[C@@H]1CN(Cc2ccccc2)CCN1)C(=O)CCC(=O)O. The maximum Gasteiger partial charge on any atom is 0.303 e. The van der Waals surface area contributed by atoms with E-state index in [0.717, 1.165) is 26.2 Å². The van der Waals surface area contributed by atoms with Crippen LogP contribution in [0, 0.1) is 0 Å². The van der Waals surface area contributed by atoms with Crippen LogP contribution in [-0.4, -0.2) is 65.0 Å². The Morgan fingerprint density at radius 2 is 2.00 bits per heavy atom. The monoisotopic (exact) mass is 347 g/mol. The predicted molar refractivity (Wildman–Crippen MR) is 97.2 cm³/mol. The van der Waals surface area contributed by atoms with Crippen molar-refractivity contribution < 1.29 is 14.7 Å². The van der Waals surface area contributed by atoms with Crippen LogP contribution in [-0.2, 0) is 16.1 Å². The minimum atomic E-state index is -0.929. The number of carbonyl (C=O) groups excluding carboxylic acids is 1. The first kappa shape index (κ1) is 19.4. The molecule has 0 bridgehead atoms. The largest absolute Gasteiger partial charge is 0.481 e. The average molecular weight is 347 g/mol. The lowest BCUT2D eigenvalue weighted by Crippen LogP contribution is -2.56. The van der Waals surface area contributed by atoms with Crippen LogP contribution < -0.4 is 5.32 Å². The van der Waals surface area contributed by atoms with E-state index in [9.17, 15) is 9.59 Å². The summed E-state index contributed by atoms with van der Waals surface area (Å²) >= 11 is 0. The lowest BCUT2D eigenvalue weighted by Gasteiger charge is -2.38. The van der Waals surface area contributed by atoms with Gasteiger partial charge in [0.05, 0.1) is 6.42 Å². The molecule has 0 spiro atoms. The fourth-order valence-electron chi connectivity index (χ4n) is 3.20. The second kappa shape index (κ2) is 9.53. The van der Waals surface area contributed by atoms with E-state index < -0.39 is 5.97 Å². The maximum atomic E-state index is 12.4. The number of hydrogen-bond acceptors (Lipinski definition) is 4. The van der Waals surface area contributed by atoms with Gasteiger partial charge in [0.2, 0.25) is 5.91 Å². The fourth-order valence-corrected chi connectivity index (χ4v) is 3.20. The predicted octanol–water partition coefficient (Wildman–Crippen LogP) is 1.56. The zero-order chi connectivity index (χ0) is 18.2. The van der Waals surface area contributed by atoms with Gasteiger partial charge in [0.1, 0.15) is 0 Å². The van der Waals surface area contributed by atoms with Gasteiger partial charge >= 0.3 is 5.97 Å². The first-order valence-electron chi connectivity index (χ1n) is 8.96. The molecule has 6 heteroatoms. The number of piperazine rings is 1. The topological polar surface area (TPSA) is 72.9 Å². The van der Waals surface area contributed by atoms with Crippen LogP contribution in [0.2, 0.25) is 0 Å². The lowest BCUT2D eigenvalue weighted by atomic mass is 10.1. The van der Waals surface area contributed by atoms with Crippen LogP contribution in [0.4, 0.5) is 0 Å². The summed E-state index contributed by atoms with van der Waals surface area (Å²) in [5.41, 5.74) is 1.29. The number of aliphatic carboxylic acids is 1. The molecule has 1 aromatic rings. The van der Waals surface area contributed by atoms with Crippen LogP contribution in [0.3, 0.4) is 0 Å². The first-order valence-corrected chi connectivity index (χ1v) is 8.96. The van der Waals surface area contributed by atoms with Crippen LogP contribution in [0.1, 0.15) is 32.3 Å². The lowest BCUT2D eigenvalue weighted by molar-refractivity contribution is -0.141. The molecule has 0 aliphatic carbocycles.